The Morgan fingerprint density at radius 3 is 2.17 bits per heavy atom. The van der Waals surface area contributed by atoms with Crippen molar-refractivity contribution < 1.29 is 4.79 Å². The smallest absolute Gasteiger partial charge is 0.329 e. The Morgan fingerprint density at radius 1 is 1.00 bits per heavy atom. The van der Waals surface area contributed by atoms with E-state index in [1.165, 1.54) is 0 Å². The topological polar surface area (TPSA) is 59.3 Å². The van der Waals surface area contributed by atoms with Gasteiger partial charge >= 0.3 is 5.69 Å². The van der Waals surface area contributed by atoms with Crippen molar-refractivity contribution in [1.29, 1.82) is 0 Å². The van der Waals surface area contributed by atoms with Crippen LogP contribution < -0.4 is 15.9 Å². The molecule has 6 nitrogen and oxygen atoms in total. The van der Waals surface area contributed by atoms with E-state index in [0.29, 0.717) is 23.7 Å². The van der Waals surface area contributed by atoms with Crippen LogP contribution in [0.1, 0.15) is 37.0 Å². The van der Waals surface area contributed by atoms with Gasteiger partial charge in [-0.2, -0.15) is 0 Å². The van der Waals surface area contributed by atoms with Gasteiger partial charge in [-0.1, -0.05) is 11.6 Å². The molecule has 3 aromatic rings. The summed E-state index contributed by atoms with van der Waals surface area (Å²) in [6.45, 7) is 7.02. The largest absolute Gasteiger partial charge is 0.370 e. The summed E-state index contributed by atoms with van der Waals surface area (Å²) < 4.78 is 3.55. The van der Waals surface area contributed by atoms with E-state index in [0.717, 1.165) is 48.3 Å². The quantitative estimate of drug-likeness (QED) is 0.677. The van der Waals surface area contributed by atoms with Crippen LogP contribution in [0.5, 0.6) is 0 Å². The van der Waals surface area contributed by atoms with Crippen molar-refractivity contribution in [3.05, 3.63) is 57.5 Å². The monoisotopic (exact) mass is 412 g/mol. The van der Waals surface area contributed by atoms with Crippen molar-refractivity contribution in [3.63, 3.8) is 0 Å². The standard InChI is InChI=1S/C22H25ClN4O2/c1-3-26-19-13-17(24-21(28)15-7-9-16(23)10-8-15)18(25-11-5-6-12-25)14-20(19)27(4-2)22(26)29/h7-10,13-14H,3-6,11-12H2,1-2H3,(H,24,28). The fourth-order valence-corrected chi connectivity index (χ4v) is 4.20. The first-order valence-electron chi connectivity index (χ1n) is 10.1. The van der Waals surface area contributed by atoms with E-state index in [1.807, 2.05) is 19.9 Å². The van der Waals surface area contributed by atoms with Crippen LogP contribution in [-0.2, 0) is 13.1 Å². The Morgan fingerprint density at radius 2 is 1.59 bits per heavy atom. The zero-order valence-electron chi connectivity index (χ0n) is 16.7. The van der Waals surface area contributed by atoms with Crippen LogP contribution in [0.15, 0.2) is 41.2 Å². The van der Waals surface area contributed by atoms with E-state index in [2.05, 4.69) is 16.3 Å². The third-order valence-electron chi connectivity index (χ3n) is 5.57. The van der Waals surface area contributed by atoms with E-state index in [9.17, 15) is 9.59 Å². The molecule has 0 spiro atoms. The number of carbonyl (C=O) groups excluding carboxylic acids is 1. The molecule has 7 heteroatoms. The van der Waals surface area contributed by atoms with Gasteiger partial charge < -0.3 is 10.2 Å². The lowest BCUT2D eigenvalue weighted by Crippen LogP contribution is -2.23. The van der Waals surface area contributed by atoms with Gasteiger partial charge in [0.1, 0.15) is 0 Å². The number of hydrogen-bond donors (Lipinski definition) is 1. The lowest BCUT2D eigenvalue weighted by Gasteiger charge is -2.22. The van der Waals surface area contributed by atoms with Crippen molar-refractivity contribution in [1.82, 2.24) is 9.13 Å². The van der Waals surface area contributed by atoms with Gasteiger partial charge in [-0.3, -0.25) is 13.9 Å². The number of halogens is 1. The SMILES string of the molecule is CCn1c(=O)n(CC)c2cc(N3CCCC3)c(NC(=O)c3ccc(Cl)cc3)cc21. The minimum absolute atomic E-state index is 0.0152. The molecule has 1 fully saturated rings. The van der Waals surface area contributed by atoms with Crippen molar-refractivity contribution in [2.45, 2.75) is 39.8 Å². The number of nitrogens with one attached hydrogen (secondary N) is 1. The second-order valence-electron chi connectivity index (χ2n) is 7.28. The van der Waals surface area contributed by atoms with Crippen LogP contribution in [0.3, 0.4) is 0 Å². The van der Waals surface area contributed by atoms with Gasteiger partial charge in [0.25, 0.3) is 5.91 Å². The highest BCUT2D eigenvalue weighted by Gasteiger charge is 2.21. The van der Waals surface area contributed by atoms with Crippen molar-refractivity contribution in [3.8, 4) is 0 Å². The summed E-state index contributed by atoms with van der Waals surface area (Å²) in [5, 5.41) is 3.66. The number of carbonyl (C=O) groups is 1. The summed E-state index contributed by atoms with van der Waals surface area (Å²) in [6.07, 6.45) is 2.25. The van der Waals surface area contributed by atoms with E-state index in [1.54, 1.807) is 33.4 Å². The molecule has 2 aromatic carbocycles. The van der Waals surface area contributed by atoms with Crippen molar-refractivity contribution in [2.75, 3.05) is 23.3 Å². The maximum atomic E-state index is 12.9. The summed E-state index contributed by atoms with van der Waals surface area (Å²) >= 11 is 5.94. The highest BCUT2D eigenvalue weighted by atomic mass is 35.5. The normalized spacial score (nSPS) is 14.0. The molecule has 1 aromatic heterocycles. The predicted molar refractivity (Wildman–Crippen MR) is 118 cm³/mol. The Balaban J connectivity index is 1.84. The zero-order chi connectivity index (χ0) is 20.5. The molecule has 2 heterocycles. The van der Waals surface area contributed by atoms with Gasteiger partial charge in [0.05, 0.1) is 22.4 Å². The Bertz CT molecular complexity index is 1110. The maximum Gasteiger partial charge on any atom is 0.329 e. The van der Waals surface area contributed by atoms with E-state index < -0.39 is 0 Å². The van der Waals surface area contributed by atoms with Gasteiger partial charge in [0, 0.05) is 36.8 Å². The lowest BCUT2D eigenvalue weighted by atomic mass is 10.1. The van der Waals surface area contributed by atoms with Crippen LogP contribution >= 0.6 is 11.6 Å². The number of aryl methyl sites for hydroxylation is 2. The molecule has 4 rings (SSSR count). The molecular weight excluding hydrogens is 388 g/mol. The first-order chi connectivity index (χ1) is 14.0. The number of rotatable bonds is 5. The first kappa shape index (κ1) is 19.6. The molecule has 0 radical (unpaired) electrons. The highest BCUT2D eigenvalue weighted by Crippen LogP contribution is 2.34. The molecule has 29 heavy (non-hydrogen) atoms. The average molecular weight is 413 g/mol. The van der Waals surface area contributed by atoms with Crippen LogP contribution in [0.4, 0.5) is 11.4 Å². The van der Waals surface area contributed by atoms with Crippen molar-refractivity contribution >= 4 is 39.9 Å². The van der Waals surface area contributed by atoms with E-state index in [-0.39, 0.29) is 11.6 Å². The van der Waals surface area contributed by atoms with Crippen molar-refractivity contribution in [2.24, 2.45) is 0 Å². The molecule has 1 N–H and O–H groups in total. The zero-order valence-corrected chi connectivity index (χ0v) is 17.5. The number of benzene rings is 2. The van der Waals surface area contributed by atoms with Crippen LogP contribution in [0, 0.1) is 0 Å². The van der Waals surface area contributed by atoms with E-state index >= 15 is 0 Å². The Kier molecular flexibility index (Phi) is 5.37. The number of nitrogens with zero attached hydrogens (tertiary/aromatic N) is 3. The second kappa shape index (κ2) is 7.95. The summed E-state index contributed by atoms with van der Waals surface area (Å²) in [7, 11) is 0. The van der Waals surface area contributed by atoms with E-state index in [4.69, 9.17) is 11.6 Å². The molecule has 152 valence electrons. The fourth-order valence-electron chi connectivity index (χ4n) is 4.08. The number of amides is 1. The number of anilines is 2. The highest BCUT2D eigenvalue weighted by molar-refractivity contribution is 6.30. The Hall–Kier alpha value is -2.73. The predicted octanol–water partition coefficient (Wildman–Crippen LogP) is 4.35. The number of imidazole rings is 1. The number of aromatic nitrogens is 2. The minimum atomic E-state index is -0.193. The second-order valence-corrected chi connectivity index (χ2v) is 7.72. The average Bonchev–Trinajstić information content (AvgIpc) is 3.33. The third-order valence-corrected chi connectivity index (χ3v) is 5.82. The Labute approximate surface area is 174 Å². The van der Waals surface area contributed by atoms with Crippen LogP contribution in [-0.4, -0.2) is 28.1 Å². The fraction of sp³-hybridized carbons (Fsp3) is 0.364. The van der Waals surface area contributed by atoms with Gasteiger partial charge in [0.15, 0.2) is 0 Å². The summed E-state index contributed by atoms with van der Waals surface area (Å²) in [4.78, 5) is 27.9. The molecular formula is C22H25ClN4O2. The van der Waals surface area contributed by atoms with Crippen LogP contribution in [0.2, 0.25) is 5.02 Å². The molecule has 0 aliphatic carbocycles. The molecule has 0 saturated carbocycles. The number of fused-ring (bicyclic) bond motifs is 1. The molecule has 1 saturated heterocycles. The molecule has 0 bridgehead atoms. The lowest BCUT2D eigenvalue weighted by molar-refractivity contribution is 0.102. The molecule has 1 amide bonds. The summed E-state index contributed by atoms with van der Waals surface area (Å²) in [5.74, 6) is -0.193. The molecule has 1 aliphatic rings. The third kappa shape index (κ3) is 3.53. The van der Waals surface area contributed by atoms with Crippen LogP contribution in [0.25, 0.3) is 11.0 Å². The maximum absolute atomic E-state index is 12.9. The first-order valence-corrected chi connectivity index (χ1v) is 10.5. The number of hydrogen-bond acceptors (Lipinski definition) is 3. The minimum Gasteiger partial charge on any atom is -0.370 e. The summed E-state index contributed by atoms with van der Waals surface area (Å²) in [6, 6.07) is 10.8. The molecule has 0 unspecified atom stereocenters. The van der Waals surface area contributed by atoms with Gasteiger partial charge in [-0.15, -0.1) is 0 Å². The van der Waals surface area contributed by atoms with Gasteiger partial charge in [0.2, 0.25) is 0 Å². The molecule has 1 aliphatic heterocycles. The van der Waals surface area contributed by atoms with Gasteiger partial charge in [-0.05, 0) is 63.1 Å². The van der Waals surface area contributed by atoms with Gasteiger partial charge in [-0.25, -0.2) is 4.79 Å². The molecule has 0 atom stereocenters. The summed E-state index contributed by atoms with van der Waals surface area (Å²) in [5.41, 5.74) is 3.97.